The molecule has 1 heterocycles. The largest absolute Gasteiger partial charge is 0.381 e. The van der Waals surface area contributed by atoms with Gasteiger partial charge >= 0.3 is 0 Å². The van der Waals surface area contributed by atoms with E-state index >= 15 is 0 Å². The molecular formula is C15H31Cl2N3O2. The number of rotatable bonds is 5. The smallest absolute Gasteiger partial charge is 0.220 e. The lowest BCUT2D eigenvalue weighted by atomic mass is 9.88. The molecule has 5 nitrogen and oxygen atoms in total. The van der Waals surface area contributed by atoms with Gasteiger partial charge in [0.15, 0.2) is 0 Å². The Balaban J connectivity index is 0.00000220. The van der Waals surface area contributed by atoms with Crippen molar-refractivity contribution in [3.05, 3.63) is 0 Å². The highest BCUT2D eigenvalue weighted by Gasteiger charge is 2.35. The normalized spacial score (nSPS) is 26.9. The van der Waals surface area contributed by atoms with E-state index in [9.17, 15) is 4.79 Å². The minimum atomic E-state index is 0. The summed E-state index contributed by atoms with van der Waals surface area (Å²) in [6.45, 7) is 2.27. The van der Waals surface area contributed by atoms with Gasteiger partial charge in [-0.15, -0.1) is 24.8 Å². The van der Waals surface area contributed by atoms with Crippen LogP contribution in [0.5, 0.6) is 0 Å². The molecule has 2 aliphatic rings. The summed E-state index contributed by atoms with van der Waals surface area (Å²) < 4.78 is 5.45. The van der Waals surface area contributed by atoms with Gasteiger partial charge in [0.25, 0.3) is 0 Å². The lowest BCUT2D eigenvalue weighted by Crippen LogP contribution is -2.55. The van der Waals surface area contributed by atoms with Gasteiger partial charge in [0.2, 0.25) is 5.91 Å². The van der Waals surface area contributed by atoms with E-state index in [2.05, 4.69) is 24.3 Å². The van der Waals surface area contributed by atoms with Gasteiger partial charge in [-0.25, -0.2) is 0 Å². The predicted molar refractivity (Wildman–Crippen MR) is 93.9 cm³/mol. The molecule has 0 bridgehead atoms. The Morgan fingerprint density at radius 1 is 1.27 bits per heavy atom. The first-order valence-electron chi connectivity index (χ1n) is 7.81. The summed E-state index contributed by atoms with van der Waals surface area (Å²) in [6.07, 6.45) is 5.86. The van der Waals surface area contributed by atoms with Gasteiger partial charge in [-0.1, -0.05) is 6.42 Å². The van der Waals surface area contributed by atoms with Crippen LogP contribution in [0.15, 0.2) is 0 Å². The van der Waals surface area contributed by atoms with Gasteiger partial charge in [0, 0.05) is 37.8 Å². The molecule has 0 unspecified atom stereocenters. The van der Waals surface area contributed by atoms with Crippen LogP contribution >= 0.6 is 24.8 Å². The number of hydrogen-bond donors (Lipinski definition) is 2. The number of amides is 1. The maximum absolute atomic E-state index is 12.1. The third-order valence-corrected chi connectivity index (χ3v) is 5.15. The second-order valence-corrected chi connectivity index (χ2v) is 6.57. The van der Waals surface area contributed by atoms with Crippen molar-refractivity contribution in [3.63, 3.8) is 0 Å². The van der Waals surface area contributed by atoms with E-state index in [1.807, 2.05) is 0 Å². The number of nitrogens with zero attached hydrogens (tertiary/aromatic N) is 1. The van der Waals surface area contributed by atoms with Crippen molar-refractivity contribution in [2.45, 2.75) is 50.1 Å². The SMILES string of the molecule is CN(C)C1(CNC(=O)C[C@@H]2CCC[C@H]2N)CCOCC1.Cl.Cl. The minimum Gasteiger partial charge on any atom is -0.381 e. The first-order chi connectivity index (χ1) is 9.53. The van der Waals surface area contributed by atoms with Crippen molar-refractivity contribution in [2.24, 2.45) is 11.7 Å². The summed E-state index contributed by atoms with van der Waals surface area (Å²) in [5.74, 6) is 0.528. The minimum absolute atomic E-state index is 0. The second-order valence-electron chi connectivity index (χ2n) is 6.57. The third kappa shape index (κ3) is 5.53. The molecule has 0 spiro atoms. The van der Waals surface area contributed by atoms with Gasteiger partial charge in [-0.3, -0.25) is 4.79 Å². The van der Waals surface area contributed by atoms with E-state index in [1.54, 1.807) is 0 Å². The first kappa shape index (κ1) is 21.9. The van der Waals surface area contributed by atoms with Gasteiger partial charge in [0.05, 0.1) is 0 Å². The van der Waals surface area contributed by atoms with E-state index in [-0.39, 0.29) is 42.3 Å². The molecule has 1 aliphatic carbocycles. The van der Waals surface area contributed by atoms with Crippen molar-refractivity contribution < 1.29 is 9.53 Å². The van der Waals surface area contributed by atoms with Crippen LogP contribution in [-0.4, -0.2) is 56.2 Å². The van der Waals surface area contributed by atoms with Crippen LogP contribution in [0.25, 0.3) is 0 Å². The fraction of sp³-hybridized carbons (Fsp3) is 0.933. The predicted octanol–water partition coefficient (Wildman–Crippen LogP) is 1.57. The maximum Gasteiger partial charge on any atom is 0.220 e. The number of likely N-dealkylation sites (N-methyl/N-ethyl adjacent to an activating group) is 1. The molecule has 2 rings (SSSR count). The molecule has 0 aromatic heterocycles. The molecule has 1 saturated carbocycles. The molecule has 1 saturated heterocycles. The monoisotopic (exact) mass is 355 g/mol. The van der Waals surface area contributed by atoms with Crippen molar-refractivity contribution in [1.29, 1.82) is 0 Å². The number of carbonyl (C=O) groups is 1. The standard InChI is InChI=1S/C15H29N3O2.2ClH/c1-18(2)15(6-8-20-9-7-15)11-17-14(19)10-12-4-3-5-13(12)16;;/h12-13H,3-11,16H2,1-2H3,(H,17,19);2*1H/t12-,13+;;/m0../s1. The van der Waals surface area contributed by atoms with Crippen molar-refractivity contribution >= 4 is 30.7 Å². The lowest BCUT2D eigenvalue weighted by Gasteiger charge is -2.43. The van der Waals surface area contributed by atoms with Crippen LogP contribution in [0, 0.1) is 5.92 Å². The Hall–Kier alpha value is -0.0700. The van der Waals surface area contributed by atoms with Gasteiger partial charge in [0.1, 0.15) is 0 Å². The van der Waals surface area contributed by atoms with E-state index in [0.29, 0.717) is 18.9 Å². The number of nitrogens with one attached hydrogen (secondary N) is 1. The van der Waals surface area contributed by atoms with Crippen LogP contribution in [0.2, 0.25) is 0 Å². The number of carbonyl (C=O) groups excluding carboxylic acids is 1. The van der Waals surface area contributed by atoms with Crippen LogP contribution in [0.4, 0.5) is 0 Å². The fourth-order valence-corrected chi connectivity index (χ4v) is 3.43. The van der Waals surface area contributed by atoms with Crippen LogP contribution in [0.1, 0.15) is 38.5 Å². The van der Waals surface area contributed by atoms with E-state index in [4.69, 9.17) is 10.5 Å². The zero-order valence-electron chi connectivity index (χ0n) is 13.7. The molecular weight excluding hydrogens is 325 g/mol. The van der Waals surface area contributed by atoms with Gasteiger partial charge in [-0.05, 0) is 45.7 Å². The maximum atomic E-state index is 12.1. The van der Waals surface area contributed by atoms with Crippen LogP contribution in [-0.2, 0) is 9.53 Å². The van der Waals surface area contributed by atoms with E-state index < -0.39 is 0 Å². The molecule has 0 radical (unpaired) electrons. The van der Waals surface area contributed by atoms with Gasteiger partial charge in [-0.2, -0.15) is 0 Å². The van der Waals surface area contributed by atoms with Crippen molar-refractivity contribution in [1.82, 2.24) is 10.2 Å². The molecule has 1 aliphatic heterocycles. The molecule has 132 valence electrons. The van der Waals surface area contributed by atoms with E-state index in [1.165, 1.54) is 0 Å². The Bertz CT molecular complexity index is 337. The average Bonchev–Trinajstić information content (AvgIpc) is 2.83. The Kier molecular flexibility index (Phi) is 9.90. The van der Waals surface area contributed by atoms with Crippen molar-refractivity contribution in [2.75, 3.05) is 33.9 Å². The molecule has 7 heteroatoms. The highest BCUT2D eigenvalue weighted by atomic mass is 35.5. The number of ether oxygens (including phenoxy) is 1. The molecule has 0 aromatic rings. The summed E-state index contributed by atoms with van der Waals surface area (Å²) in [7, 11) is 4.18. The van der Waals surface area contributed by atoms with E-state index in [0.717, 1.165) is 45.3 Å². The summed E-state index contributed by atoms with van der Waals surface area (Å²) in [4.78, 5) is 14.4. The first-order valence-corrected chi connectivity index (χ1v) is 7.81. The number of hydrogen-bond acceptors (Lipinski definition) is 4. The molecule has 2 fully saturated rings. The highest BCUT2D eigenvalue weighted by Crippen LogP contribution is 2.27. The second kappa shape index (κ2) is 9.93. The topological polar surface area (TPSA) is 67.6 Å². The number of nitrogens with two attached hydrogens (primary N) is 1. The average molecular weight is 356 g/mol. The quantitative estimate of drug-likeness (QED) is 0.785. The summed E-state index contributed by atoms with van der Waals surface area (Å²) >= 11 is 0. The van der Waals surface area contributed by atoms with Crippen molar-refractivity contribution in [3.8, 4) is 0 Å². The Morgan fingerprint density at radius 2 is 1.91 bits per heavy atom. The highest BCUT2D eigenvalue weighted by molar-refractivity contribution is 5.85. The summed E-state index contributed by atoms with van der Waals surface area (Å²) in [5, 5.41) is 3.13. The lowest BCUT2D eigenvalue weighted by molar-refractivity contribution is -0.123. The Labute approximate surface area is 146 Å². The summed E-state index contributed by atoms with van der Waals surface area (Å²) in [5.41, 5.74) is 6.08. The molecule has 22 heavy (non-hydrogen) atoms. The zero-order chi connectivity index (χ0) is 14.6. The third-order valence-electron chi connectivity index (χ3n) is 5.15. The van der Waals surface area contributed by atoms with Crippen LogP contribution < -0.4 is 11.1 Å². The Morgan fingerprint density at radius 3 is 2.41 bits per heavy atom. The zero-order valence-corrected chi connectivity index (χ0v) is 15.3. The van der Waals surface area contributed by atoms with Crippen LogP contribution in [0.3, 0.4) is 0 Å². The molecule has 3 N–H and O–H groups in total. The molecule has 0 aromatic carbocycles. The fourth-order valence-electron chi connectivity index (χ4n) is 3.43. The summed E-state index contributed by atoms with van der Waals surface area (Å²) in [6, 6.07) is 0.214. The van der Waals surface area contributed by atoms with Gasteiger partial charge < -0.3 is 20.7 Å². The number of halogens is 2. The molecule has 1 amide bonds. The molecule has 2 atom stereocenters.